The van der Waals surface area contributed by atoms with Crippen molar-refractivity contribution in [3.63, 3.8) is 0 Å². The molecule has 0 spiro atoms. The van der Waals surface area contributed by atoms with Crippen LogP contribution in [0.5, 0.6) is 0 Å². The quantitative estimate of drug-likeness (QED) is 0.894. The van der Waals surface area contributed by atoms with Crippen molar-refractivity contribution in [2.24, 2.45) is 0 Å². The van der Waals surface area contributed by atoms with Crippen molar-refractivity contribution < 1.29 is 4.79 Å². The molecular weight excluding hydrogens is 280 g/mol. The lowest BCUT2D eigenvalue weighted by molar-refractivity contribution is -0.121. The summed E-state index contributed by atoms with van der Waals surface area (Å²) in [4.78, 5) is 11.8. The molecule has 0 bridgehead atoms. The Hall–Kier alpha value is -0.870. The highest BCUT2D eigenvalue weighted by molar-refractivity contribution is 9.10. The number of halogens is 1. The van der Waals surface area contributed by atoms with E-state index in [2.05, 4.69) is 26.6 Å². The predicted molar refractivity (Wildman–Crippen MR) is 71.9 cm³/mol. The molecule has 1 heterocycles. The van der Waals surface area contributed by atoms with E-state index in [4.69, 9.17) is 0 Å². The monoisotopic (exact) mass is 296 g/mol. The number of benzene rings is 1. The molecule has 17 heavy (non-hydrogen) atoms. The maximum Gasteiger partial charge on any atom is 0.224 e. The topological polar surface area (TPSA) is 41.1 Å². The van der Waals surface area contributed by atoms with Gasteiger partial charge in [0.25, 0.3) is 0 Å². The van der Waals surface area contributed by atoms with E-state index in [0.717, 1.165) is 36.0 Å². The number of hydrogen-bond donors (Lipinski definition) is 2. The average Bonchev–Trinajstić information content (AvgIpc) is 2.33. The molecule has 3 nitrogen and oxygen atoms in total. The summed E-state index contributed by atoms with van der Waals surface area (Å²) in [5.41, 5.74) is 1.06. The Morgan fingerprint density at radius 1 is 1.29 bits per heavy atom. The van der Waals surface area contributed by atoms with Gasteiger partial charge in [0, 0.05) is 10.5 Å². The van der Waals surface area contributed by atoms with Crippen LogP contribution in [0, 0.1) is 0 Å². The Morgan fingerprint density at radius 2 is 1.94 bits per heavy atom. The van der Waals surface area contributed by atoms with Gasteiger partial charge >= 0.3 is 0 Å². The zero-order chi connectivity index (χ0) is 12.1. The van der Waals surface area contributed by atoms with Crippen molar-refractivity contribution in [2.75, 3.05) is 13.1 Å². The molecule has 4 heteroatoms. The molecule has 0 radical (unpaired) electrons. The minimum atomic E-state index is 0.124. The second-order valence-corrected chi connectivity index (χ2v) is 5.31. The van der Waals surface area contributed by atoms with Gasteiger partial charge in [-0.25, -0.2) is 0 Å². The molecule has 92 valence electrons. The number of hydrogen-bond acceptors (Lipinski definition) is 2. The van der Waals surface area contributed by atoms with Crippen LogP contribution in [0.3, 0.4) is 0 Å². The van der Waals surface area contributed by atoms with Crippen LogP contribution < -0.4 is 10.6 Å². The molecule has 2 rings (SSSR count). The number of carbonyl (C=O) groups is 1. The number of piperidine rings is 1. The fourth-order valence-electron chi connectivity index (χ4n) is 2.03. The van der Waals surface area contributed by atoms with Crippen molar-refractivity contribution >= 4 is 21.8 Å². The molecule has 1 aliphatic heterocycles. The number of carbonyl (C=O) groups excluding carboxylic acids is 1. The Labute approximate surface area is 110 Å². The van der Waals surface area contributed by atoms with Crippen LogP contribution in [0.25, 0.3) is 0 Å². The van der Waals surface area contributed by atoms with E-state index in [9.17, 15) is 4.79 Å². The summed E-state index contributed by atoms with van der Waals surface area (Å²) in [7, 11) is 0. The number of rotatable bonds is 3. The van der Waals surface area contributed by atoms with E-state index in [1.807, 2.05) is 24.3 Å². The second-order valence-electron chi connectivity index (χ2n) is 4.40. The molecule has 2 N–H and O–H groups in total. The summed E-state index contributed by atoms with van der Waals surface area (Å²) in [5.74, 6) is 0.124. The highest BCUT2D eigenvalue weighted by Crippen LogP contribution is 2.11. The van der Waals surface area contributed by atoms with Gasteiger partial charge in [0.1, 0.15) is 0 Å². The average molecular weight is 297 g/mol. The van der Waals surface area contributed by atoms with E-state index in [1.165, 1.54) is 0 Å². The second kappa shape index (κ2) is 6.17. The van der Waals surface area contributed by atoms with Gasteiger partial charge in [0.05, 0.1) is 6.42 Å². The molecule has 1 saturated heterocycles. The fourth-order valence-corrected chi connectivity index (χ4v) is 2.30. The van der Waals surface area contributed by atoms with Crippen LogP contribution in [-0.2, 0) is 11.2 Å². The van der Waals surface area contributed by atoms with Crippen LogP contribution in [0.15, 0.2) is 28.7 Å². The van der Waals surface area contributed by atoms with Crippen LogP contribution in [0.1, 0.15) is 18.4 Å². The lowest BCUT2D eigenvalue weighted by Gasteiger charge is -2.23. The van der Waals surface area contributed by atoms with Crippen molar-refractivity contribution in [3.8, 4) is 0 Å². The predicted octanol–water partition coefficient (Wildman–Crippen LogP) is 1.86. The summed E-state index contributed by atoms with van der Waals surface area (Å²) in [6, 6.07) is 8.23. The van der Waals surface area contributed by atoms with E-state index >= 15 is 0 Å². The fraction of sp³-hybridized carbons (Fsp3) is 0.462. The first kappa shape index (κ1) is 12.6. The zero-order valence-electron chi connectivity index (χ0n) is 9.71. The first-order valence-electron chi connectivity index (χ1n) is 5.98. The Balaban J connectivity index is 1.82. The largest absolute Gasteiger partial charge is 0.353 e. The highest BCUT2D eigenvalue weighted by atomic mass is 79.9. The van der Waals surface area contributed by atoms with Gasteiger partial charge < -0.3 is 10.6 Å². The van der Waals surface area contributed by atoms with Crippen LogP contribution in [-0.4, -0.2) is 25.0 Å². The van der Waals surface area contributed by atoms with E-state index in [1.54, 1.807) is 0 Å². The van der Waals surface area contributed by atoms with Crippen molar-refractivity contribution in [1.82, 2.24) is 10.6 Å². The molecule has 1 aliphatic rings. The molecule has 0 unspecified atom stereocenters. The number of amides is 1. The summed E-state index contributed by atoms with van der Waals surface area (Å²) in [6.07, 6.45) is 2.54. The molecule has 1 fully saturated rings. The van der Waals surface area contributed by atoms with Crippen LogP contribution >= 0.6 is 15.9 Å². The van der Waals surface area contributed by atoms with Gasteiger partial charge in [-0.15, -0.1) is 0 Å². The highest BCUT2D eigenvalue weighted by Gasteiger charge is 2.15. The molecule has 0 saturated carbocycles. The zero-order valence-corrected chi connectivity index (χ0v) is 11.3. The smallest absolute Gasteiger partial charge is 0.224 e. The first-order chi connectivity index (χ1) is 8.24. The van der Waals surface area contributed by atoms with Gasteiger partial charge in [0.2, 0.25) is 5.91 Å². The standard InChI is InChI=1S/C13H17BrN2O/c14-11-3-1-10(2-4-11)9-13(17)16-12-5-7-15-8-6-12/h1-4,12,15H,5-9H2,(H,16,17). The molecule has 1 aromatic carbocycles. The normalized spacial score (nSPS) is 16.8. The van der Waals surface area contributed by atoms with Gasteiger partial charge in [-0.2, -0.15) is 0 Å². The molecular formula is C13H17BrN2O. The lowest BCUT2D eigenvalue weighted by atomic mass is 10.1. The Bertz CT molecular complexity index is 372. The summed E-state index contributed by atoms with van der Waals surface area (Å²) in [6.45, 7) is 2.01. The van der Waals surface area contributed by atoms with Crippen molar-refractivity contribution in [3.05, 3.63) is 34.3 Å². The van der Waals surface area contributed by atoms with Crippen molar-refractivity contribution in [2.45, 2.75) is 25.3 Å². The lowest BCUT2D eigenvalue weighted by Crippen LogP contribution is -2.43. The molecule has 0 atom stereocenters. The third kappa shape index (κ3) is 4.13. The minimum Gasteiger partial charge on any atom is -0.353 e. The third-order valence-electron chi connectivity index (χ3n) is 2.98. The van der Waals surface area contributed by atoms with Crippen LogP contribution in [0.2, 0.25) is 0 Å². The molecule has 1 aromatic rings. The maximum absolute atomic E-state index is 11.8. The Morgan fingerprint density at radius 3 is 2.59 bits per heavy atom. The van der Waals surface area contributed by atoms with Crippen LogP contribution in [0.4, 0.5) is 0 Å². The van der Waals surface area contributed by atoms with Gasteiger partial charge in [0.15, 0.2) is 0 Å². The van der Waals surface area contributed by atoms with Crippen molar-refractivity contribution in [1.29, 1.82) is 0 Å². The molecule has 1 amide bonds. The SMILES string of the molecule is O=C(Cc1ccc(Br)cc1)NC1CCNCC1. The maximum atomic E-state index is 11.8. The van der Waals surface area contributed by atoms with E-state index in [0.29, 0.717) is 12.5 Å². The molecule has 0 aliphatic carbocycles. The first-order valence-corrected chi connectivity index (χ1v) is 6.78. The van der Waals surface area contributed by atoms with Gasteiger partial charge in [-0.3, -0.25) is 4.79 Å². The van der Waals surface area contributed by atoms with Gasteiger partial charge in [-0.1, -0.05) is 28.1 Å². The van der Waals surface area contributed by atoms with E-state index in [-0.39, 0.29) is 5.91 Å². The summed E-state index contributed by atoms with van der Waals surface area (Å²) >= 11 is 3.38. The minimum absolute atomic E-state index is 0.124. The molecule has 0 aromatic heterocycles. The summed E-state index contributed by atoms with van der Waals surface area (Å²) in [5, 5.41) is 6.38. The van der Waals surface area contributed by atoms with Gasteiger partial charge in [-0.05, 0) is 43.6 Å². The third-order valence-corrected chi connectivity index (χ3v) is 3.51. The number of nitrogens with one attached hydrogen (secondary N) is 2. The Kier molecular flexibility index (Phi) is 4.57. The summed E-state index contributed by atoms with van der Waals surface area (Å²) < 4.78 is 1.04. The van der Waals surface area contributed by atoms with E-state index < -0.39 is 0 Å².